The zero-order chi connectivity index (χ0) is 23.2. The van der Waals surface area contributed by atoms with E-state index in [1.165, 1.54) is 12.3 Å². The highest BCUT2D eigenvalue weighted by Gasteiger charge is 2.46. The maximum Gasteiger partial charge on any atom is 0.341 e. The number of methoxy groups -OCH3 is 2. The van der Waals surface area contributed by atoms with E-state index >= 15 is 0 Å². The van der Waals surface area contributed by atoms with E-state index in [0.29, 0.717) is 30.4 Å². The van der Waals surface area contributed by atoms with E-state index in [0.717, 1.165) is 34.9 Å². The highest BCUT2D eigenvalue weighted by atomic mass is 79.9. The first-order valence-corrected chi connectivity index (χ1v) is 11.3. The number of aromatic carboxylic acids is 1. The first-order valence-electron chi connectivity index (χ1n) is 10.5. The summed E-state index contributed by atoms with van der Waals surface area (Å²) in [5, 5.41) is 11.7. The monoisotopic (exact) mass is 506 g/mol. The Balaban J connectivity index is 1.94. The van der Waals surface area contributed by atoms with Gasteiger partial charge in [-0.2, -0.15) is 0 Å². The number of carbonyl (C=O) groups is 1. The summed E-state index contributed by atoms with van der Waals surface area (Å²) >= 11 is 3.77. The van der Waals surface area contributed by atoms with Crippen molar-refractivity contribution in [1.82, 2.24) is 4.68 Å². The molecule has 8 nitrogen and oxygen atoms in total. The van der Waals surface area contributed by atoms with E-state index < -0.39 is 11.4 Å². The SMILES string of the molecule is COCCCOc1c(OC)cc2c(c1Br)[C@H]1CCC(C)(C)N1n1cc(C(=O)O)c(=O)cc1-2. The zero-order valence-electron chi connectivity index (χ0n) is 18.6. The van der Waals surface area contributed by atoms with Gasteiger partial charge < -0.3 is 19.3 Å². The van der Waals surface area contributed by atoms with Crippen LogP contribution in [0.5, 0.6) is 11.5 Å². The van der Waals surface area contributed by atoms with Gasteiger partial charge >= 0.3 is 5.97 Å². The minimum atomic E-state index is -1.23. The Morgan fingerprint density at radius 2 is 2.03 bits per heavy atom. The molecule has 32 heavy (non-hydrogen) atoms. The molecule has 1 saturated heterocycles. The van der Waals surface area contributed by atoms with Gasteiger partial charge in [-0.3, -0.25) is 14.5 Å². The number of aromatic nitrogens is 1. The zero-order valence-corrected chi connectivity index (χ0v) is 20.2. The lowest BCUT2D eigenvalue weighted by Crippen LogP contribution is -2.50. The Kier molecular flexibility index (Phi) is 5.98. The molecule has 1 N–H and O–H groups in total. The molecule has 3 heterocycles. The Bertz CT molecular complexity index is 1130. The number of carboxylic acids is 1. The second kappa shape index (κ2) is 8.44. The van der Waals surface area contributed by atoms with Crippen LogP contribution in [0.25, 0.3) is 11.3 Å². The van der Waals surface area contributed by atoms with Crippen molar-refractivity contribution >= 4 is 21.9 Å². The second-order valence-corrected chi connectivity index (χ2v) is 9.47. The van der Waals surface area contributed by atoms with Gasteiger partial charge in [0.05, 0.1) is 35.5 Å². The molecule has 1 aromatic carbocycles. The van der Waals surface area contributed by atoms with Crippen molar-refractivity contribution in [3.8, 4) is 22.8 Å². The molecular formula is C23H27BrN2O6. The van der Waals surface area contributed by atoms with Crippen molar-refractivity contribution < 1.29 is 24.1 Å². The molecule has 0 amide bonds. The van der Waals surface area contributed by atoms with Crippen LogP contribution >= 0.6 is 15.9 Å². The van der Waals surface area contributed by atoms with Crippen LogP contribution in [-0.4, -0.2) is 48.7 Å². The Morgan fingerprint density at radius 3 is 2.69 bits per heavy atom. The molecule has 0 bridgehead atoms. The van der Waals surface area contributed by atoms with Gasteiger partial charge in [0.15, 0.2) is 16.9 Å². The van der Waals surface area contributed by atoms with Crippen LogP contribution < -0.4 is 19.9 Å². The maximum atomic E-state index is 12.6. The number of pyridine rings is 1. The molecule has 0 aliphatic carbocycles. The average molecular weight is 507 g/mol. The molecular weight excluding hydrogens is 480 g/mol. The number of hydrogen-bond donors (Lipinski definition) is 1. The number of benzene rings is 1. The Morgan fingerprint density at radius 1 is 1.28 bits per heavy atom. The lowest BCUT2D eigenvalue weighted by Gasteiger charge is -2.45. The van der Waals surface area contributed by atoms with E-state index in [4.69, 9.17) is 14.2 Å². The van der Waals surface area contributed by atoms with E-state index in [1.807, 2.05) is 10.7 Å². The van der Waals surface area contributed by atoms with Gasteiger partial charge in [0, 0.05) is 43.5 Å². The summed E-state index contributed by atoms with van der Waals surface area (Å²) in [7, 11) is 3.23. The predicted molar refractivity (Wildman–Crippen MR) is 124 cm³/mol. The molecule has 1 atom stereocenters. The van der Waals surface area contributed by atoms with Crippen molar-refractivity contribution in [2.24, 2.45) is 0 Å². The average Bonchev–Trinajstić information content (AvgIpc) is 3.06. The molecule has 1 aromatic heterocycles. The predicted octanol–water partition coefficient (Wildman–Crippen LogP) is 3.97. The third kappa shape index (κ3) is 3.57. The minimum Gasteiger partial charge on any atom is -0.493 e. The van der Waals surface area contributed by atoms with Gasteiger partial charge in [-0.1, -0.05) is 0 Å². The van der Waals surface area contributed by atoms with E-state index in [1.54, 1.807) is 14.2 Å². The lowest BCUT2D eigenvalue weighted by atomic mass is 9.93. The number of fused-ring (bicyclic) bond motifs is 6. The first kappa shape index (κ1) is 22.7. The van der Waals surface area contributed by atoms with Crippen molar-refractivity contribution in [3.05, 3.63) is 44.2 Å². The van der Waals surface area contributed by atoms with E-state index in [9.17, 15) is 14.7 Å². The van der Waals surface area contributed by atoms with Gasteiger partial charge in [-0.15, -0.1) is 0 Å². The number of ether oxygens (including phenoxy) is 3. The van der Waals surface area contributed by atoms with Crippen LogP contribution in [0.4, 0.5) is 0 Å². The minimum absolute atomic E-state index is 0.0155. The number of rotatable bonds is 7. The summed E-state index contributed by atoms with van der Waals surface area (Å²) in [5.74, 6) is -0.0757. The smallest absolute Gasteiger partial charge is 0.341 e. The number of nitrogens with zero attached hydrogens (tertiary/aromatic N) is 2. The van der Waals surface area contributed by atoms with Gasteiger partial charge in [0.25, 0.3) is 0 Å². The number of halogens is 1. The summed E-state index contributed by atoms with van der Waals surface area (Å²) in [6.07, 6.45) is 3.97. The summed E-state index contributed by atoms with van der Waals surface area (Å²) in [5.41, 5.74) is 1.46. The molecule has 0 saturated carbocycles. The fourth-order valence-electron chi connectivity index (χ4n) is 4.75. The summed E-state index contributed by atoms with van der Waals surface area (Å²) in [4.78, 5) is 24.3. The molecule has 4 rings (SSSR count). The molecule has 2 aliphatic heterocycles. The van der Waals surface area contributed by atoms with Crippen LogP contribution in [0.3, 0.4) is 0 Å². The molecule has 9 heteroatoms. The molecule has 2 aromatic rings. The third-order valence-electron chi connectivity index (χ3n) is 6.23. The standard InChI is InChI=1S/C23H27BrN2O6/c1-23(2)7-6-15-19-13(10-18(31-4)21(20(19)24)32-9-5-8-30-3)16-11-17(27)14(22(28)29)12-25(16)26(15)23/h10-12,15H,5-9H2,1-4H3,(H,28,29)/t15-/m1/s1. The summed E-state index contributed by atoms with van der Waals surface area (Å²) < 4.78 is 19.4. The van der Waals surface area contributed by atoms with Gasteiger partial charge in [0.2, 0.25) is 0 Å². The van der Waals surface area contributed by atoms with Crippen molar-refractivity contribution in [2.75, 3.05) is 32.4 Å². The Labute approximate surface area is 194 Å². The quantitative estimate of drug-likeness (QED) is 0.568. The molecule has 0 radical (unpaired) electrons. The molecule has 0 spiro atoms. The van der Waals surface area contributed by atoms with Crippen molar-refractivity contribution in [3.63, 3.8) is 0 Å². The van der Waals surface area contributed by atoms with Crippen LogP contribution in [0.1, 0.15) is 55.1 Å². The normalized spacial score (nSPS) is 18.0. The van der Waals surface area contributed by atoms with Crippen molar-refractivity contribution in [1.29, 1.82) is 0 Å². The summed E-state index contributed by atoms with van der Waals surface area (Å²) in [6.45, 7) is 5.32. The molecule has 0 unspecified atom stereocenters. The topological polar surface area (TPSA) is 90.2 Å². The molecule has 2 aliphatic rings. The molecule has 1 fully saturated rings. The van der Waals surface area contributed by atoms with Crippen LogP contribution in [0, 0.1) is 0 Å². The number of carboxylic acid groups (broad SMARTS) is 1. The largest absolute Gasteiger partial charge is 0.493 e. The van der Waals surface area contributed by atoms with Crippen molar-refractivity contribution in [2.45, 2.75) is 44.7 Å². The van der Waals surface area contributed by atoms with Gasteiger partial charge in [0.1, 0.15) is 5.56 Å². The summed E-state index contributed by atoms with van der Waals surface area (Å²) in [6, 6.07) is 3.26. The highest BCUT2D eigenvalue weighted by molar-refractivity contribution is 9.10. The second-order valence-electron chi connectivity index (χ2n) is 8.68. The third-order valence-corrected chi connectivity index (χ3v) is 7.02. The van der Waals surface area contributed by atoms with E-state index in [2.05, 4.69) is 34.8 Å². The van der Waals surface area contributed by atoms with Crippen LogP contribution in [0.2, 0.25) is 0 Å². The van der Waals surface area contributed by atoms with Crippen LogP contribution in [0.15, 0.2) is 27.6 Å². The lowest BCUT2D eigenvalue weighted by molar-refractivity contribution is 0.0694. The maximum absolute atomic E-state index is 12.6. The first-order chi connectivity index (χ1) is 15.2. The fourth-order valence-corrected chi connectivity index (χ4v) is 5.53. The fraction of sp³-hybridized carbons (Fsp3) is 0.478. The van der Waals surface area contributed by atoms with Crippen LogP contribution in [-0.2, 0) is 4.74 Å². The highest BCUT2D eigenvalue weighted by Crippen LogP contribution is 2.54. The van der Waals surface area contributed by atoms with Gasteiger partial charge in [-0.05, 0) is 48.7 Å². The Hall–Kier alpha value is -2.52. The molecule has 172 valence electrons. The van der Waals surface area contributed by atoms with E-state index in [-0.39, 0.29) is 17.1 Å². The number of hydrogen-bond acceptors (Lipinski definition) is 6. The van der Waals surface area contributed by atoms with Gasteiger partial charge in [-0.25, -0.2) is 4.79 Å².